The van der Waals surface area contributed by atoms with Gasteiger partial charge in [-0.2, -0.15) is 0 Å². The van der Waals surface area contributed by atoms with Crippen molar-refractivity contribution in [2.24, 2.45) is 0 Å². The maximum Gasteiger partial charge on any atom is 0.501 e. The summed E-state index contributed by atoms with van der Waals surface area (Å²) in [7, 11) is -2.64. The molecular weight excluding hydrogens is 306 g/mol. The number of benzene rings is 1. The first kappa shape index (κ1) is 19.9. The molecule has 0 saturated carbocycles. The third-order valence-electron chi connectivity index (χ3n) is 3.42. The lowest BCUT2D eigenvalue weighted by Gasteiger charge is -2.32. The summed E-state index contributed by atoms with van der Waals surface area (Å²) in [4.78, 5) is 0. The molecule has 1 N–H and O–H groups in total. The Morgan fingerprint density at radius 3 is 2.39 bits per heavy atom. The van der Waals surface area contributed by atoms with Crippen LogP contribution in [0.3, 0.4) is 0 Å². The molecule has 0 bridgehead atoms. The van der Waals surface area contributed by atoms with E-state index >= 15 is 0 Å². The van der Waals surface area contributed by atoms with Crippen molar-refractivity contribution in [3.8, 4) is 0 Å². The predicted molar refractivity (Wildman–Crippen MR) is 97.3 cm³/mol. The zero-order chi connectivity index (χ0) is 17.0. The first-order valence-corrected chi connectivity index (χ1v) is 10.4. The largest absolute Gasteiger partial charge is 0.501 e. The van der Waals surface area contributed by atoms with E-state index in [-0.39, 0.29) is 6.10 Å². The average Bonchev–Trinajstić information content (AvgIpc) is 2.53. The number of hydrogen-bond acceptors (Lipinski definition) is 4. The Balaban J connectivity index is 2.66. The summed E-state index contributed by atoms with van der Waals surface area (Å²) in [5.74, 6) is 0. The molecule has 130 valence electrons. The molecule has 0 spiro atoms. The van der Waals surface area contributed by atoms with Gasteiger partial charge in [-0.25, -0.2) is 0 Å². The monoisotopic (exact) mass is 337 g/mol. The second-order valence-corrected chi connectivity index (χ2v) is 8.11. The Labute approximate surface area is 142 Å². The predicted octanol–water partition coefficient (Wildman–Crippen LogP) is 3.77. The van der Waals surface area contributed by atoms with E-state index in [1.54, 1.807) is 6.20 Å². The number of nitrogens with one attached hydrogen (secondary N) is 1. The standard InChI is InChI=1S/C18H31NO3Si/c1-5-19-14-11-15-23(20-6-2,21-7-3)22-17(4)16-18-12-9-8-10-13-18/h5,8-10,12-13,17,19H,1,6-7,11,14-16H2,2-4H3/t17-/m1/s1. The van der Waals surface area contributed by atoms with Crippen molar-refractivity contribution < 1.29 is 13.3 Å². The van der Waals surface area contributed by atoms with Crippen LogP contribution in [0.4, 0.5) is 0 Å². The van der Waals surface area contributed by atoms with E-state index in [9.17, 15) is 0 Å². The summed E-state index contributed by atoms with van der Waals surface area (Å²) in [5, 5.41) is 3.12. The van der Waals surface area contributed by atoms with Gasteiger partial charge >= 0.3 is 8.80 Å². The molecule has 4 nitrogen and oxygen atoms in total. The fourth-order valence-electron chi connectivity index (χ4n) is 2.56. The minimum absolute atomic E-state index is 0.0644. The van der Waals surface area contributed by atoms with Crippen LogP contribution in [0.1, 0.15) is 32.8 Å². The topological polar surface area (TPSA) is 39.7 Å². The van der Waals surface area contributed by atoms with Crippen molar-refractivity contribution in [3.05, 3.63) is 48.7 Å². The van der Waals surface area contributed by atoms with E-state index in [4.69, 9.17) is 13.3 Å². The Morgan fingerprint density at radius 2 is 1.83 bits per heavy atom. The van der Waals surface area contributed by atoms with Crippen molar-refractivity contribution in [2.45, 2.75) is 45.8 Å². The molecule has 1 rings (SSSR count). The maximum atomic E-state index is 6.34. The Kier molecular flexibility index (Phi) is 9.87. The first-order chi connectivity index (χ1) is 11.2. The number of rotatable bonds is 13. The Bertz CT molecular complexity index is 422. The SMILES string of the molecule is C=CNCCC[Si](OCC)(OCC)O[C@H](C)Cc1ccccc1. The van der Waals surface area contributed by atoms with Gasteiger partial charge in [0.25, 0.3) is 0 Å². The van der Waals surface area contributed by atoms with Gasteiger partial charge in [0, 0.05) is 25.8 Å². The van der Waals surface area contributed by atoms with Crippen LogP contribution < -0.4 is 5.32 Å². The van der Waals surface area contributed by atoms with Crippen molar-refractivity contribution in [1.82, 2.24) is 5.32 Å². The molecule has 5 heteroatoms. The molecule has 1 aromatic carbocycles. The molecule has 0 aliphatic rings. The van der Waals surface area contributed by atoms with Gasteiger partial charge in [0.05, 0.1) is 6.10 Å². The highest BCUT2D eigenvalue weighted by Gasteiger charge is 2.41. The molecule has 0 aliphatic carbocycles. The van der Waals surface area contributed by atoms with Gasteiger partial charge in [-0.05, 0) is 45.4 Å². The summed E-state index contributed by atoms with van der Waals surface area (Å²) >= 11 is 0. The van der Waals surface area contributed by atoms with Crippen LogP contribution in [0, 0.1) is 0 Å². The summed E-state index contributed by atoms with van der Waals surface area (Å²) in [6.45, 7) is 11.8. The molecule has 1 atom stereocenters. The van der Waals surface area contributed by atoms with Gasteiger partial charge in [0.1, 0.15) is 0 Å². The normalized spacial score (nSPS) is 12.8. The van der Waals surface area contributed by atoms with Crippen molar-refractivity contribution in [3.63, 3.8) is 0 Å². The zero-order valence-corrected chi connectivity index (χ0v) is 15.7. The van der Waals surface area contributed by atoms with Crippen LogP contribution in [-0.2, 0) is 19.7 Å². The fourth-order valence-corrected chi connectivity index (χ4v) is 5.37. The van der Waals surface area contributed by atoms with E-state index in [1.807, 2.05) is 19.9 Å². The summed E-state index contributed by atoms with van der Waals surface area (Å²) in [6.07, 6.45) is 3.58. The summed E-state index contributed by atoms with van der Waals surface area (Å²) < 4.78 is 18.3. The van der Waals surface area contributed by atoms with Gasteiger partial charge in [-0.3, -0.25) is 0 Å². The van der Waals surface area contributed by atoms with Crippen LogP contribution >= 0.6 is 0 Å². The first-order valence-electron chi connectivity index (χ1n) is 8.49. The molecule has 0 radical (unpaired) electrons. The van der Waals surface area contributed by atoms with Crippen LogP contribution in [-0.4, -0.2) is 34.7 Å². The molecule has 0 aliphatic heterocycles. The average molecular weight is 338 g/mol. The number of hydrogen-bond donors (Lipinski definition) is 1. The van der Waals surface area contributed by atoms with Crippen LogP contribution in [0.15, 0.2) is 43.1 Å². The van der Waals surface area contributed by atoms with Crippen molar-refractivity contribution in [2.75, 3.05) is 19.8 Å². The highest BCUT2D eigenvalue weighted by molar-refractivity contribution is 6.60. The van der Waals surface area contributed by atoms with Gasteiger partial charge in [0.2, 0.25) is 0 Å². The lowest BCUT2D eigenvalue weighted by atomic mass is 10.1. The lowest BCUT2D eigenvalue weighted by molar-refractivity contribution is 0.0382. The third-order valence-corrected chi connectivity index (χ3v) is 6.61. The van der Waals surface area contributed by atoms with E-state index in [2.05, 4.69) is 43.1 Å². The third kappa shape index (κ3) is 7.79. The molecule has 0 unspecified atom stereocenters. The van der Waals surface area contributed by atoms with Gasteiger partial charge in [-0.1, -0.05) is 36.9 Å². The summed E-state index contributed by atoms with van der Waals surface area (Å²) in [6, 6.07) is 11.2. The highest BCUT2D eigenvalue weighted by atomic mass is 28.4. The molecule has 0 saturated heterocycles. The molecule has 0 fully saturated rings. The molecule has 0 amide bonds. The molecule has 0 aromatic heterocycles. The van der Waals surface area contributed by atoms with Crippen molar-refractivity contribution >= 4 is 8.80 Å². The van der Waals surface area contributed by atoms with E-state index < -0.39 is 8.80 Å². The Morgan fingerprint density at radius 1 is 1.17 bits per heavy atom. The minimum Gasteiger partial charge on any atom is -0.391 e. The van der Waals surface area contributed by atoms with Crippen molar-refractivity contribution in [1.29, 1.82) is 0 Å². The second-order valence-electron chi connectivity index (χ2n) is 5.43. The molecular formula is C18H31NO3Si. The molecule has 23 heavy (non-hydrogen) atoms. The second kappa shape index (κ2) is 11.4. The molecule has 0 heterocycles. The fraction of sp³-hybridized carbons (Fsp3) is 0.556. The Hall–Kier alpha value is -1.14. The maximum absolute atomic E-state index is 6.34. The molecule has 1 aromatic rings. The van der Waals surface area contributed by atoms with Crippen LogP contribution in [0.2, 0.25) is 6.04 Å². The summed E-state index contributed by atoms with van der Waals surface area (Å²) in [5.41, 5.74) is 1.27. The zero-order valence-electron chi connectivity index (χ0n) is 14.7. The van der Waals surface area contributed by atoms with Gasteiger partial charge in [0.15, 0.2) is 0 Å². The van der Waals surface area contributed by atoms with E-state index in [0.29, 0.717) is 13.2 Å². The van der Waals surface area contributed by atoms with Crippen LogP contribution in [0.5, 0.6) is 0 Å². The van der Waals surface area contributed by atoms with Crippen LogP contribution in [0.25, 0.3) is 0 Å². The quantitative estimate of drug-likeness (QED) is 0.439. The van der Waals surface area contributed by atoms with E-state index in [0.717, 1.165) is 25.4 Å². The van der Waals surface area contributed by atoms with Gasteiger partial charge < -0.3 is 18.6 Å². The van der Waals surface area contributed by atoms with E-state index in [1.165, 1.54) is 5.56 Å². The smallest absolute Gasteiger partial charge is 0.391 e. The minimum atomic E-state index is -2.64. The van der Waals surface area contributed by atoms with Gasteiger partial charge in [-0.15, -0.1) is 0 Å². The highest BCUT2D eigenvalue weighted by Crippen LogP contribution is 2.21. The lowest BCUT2D eigenvalue weighted by Crippen LogP contribution is -2.48.